The molecule has 1 amide bonds. The molecule has 168 valence electrons. The molecule has 1 aliphatic heterocycles. The molecular weight excluding hydrogens is 471 g/mol. The summed E-state index contributed by atoms with van der Waals surface area (Å²) >= 11 is 18.1. The van der Waals surface area contributed by atoms with Gasteiger partial charge in [0.2, 0.25) is 0 Å². The summed E-state index contributed by atoms with van der Waals surface area (Å²) in [6.07, 6.45) is 3.86. The minimum atomic E-state index is -0.331. The molecule has 1 aliphatic rings. The van der Waals surface area contributed by atoms with Crippen molar-refractivity contribution in [3.8, 4) is 5.75 Å². The van der Waals surface area contributed by atoms with Crippen LogP contribution in [0.1, 0.15) is 41.1 Å². The van der Waals surface area contributed by atoms with E-state index in [1.807, 2.05) is 24.3 Å². The van der Waals surface area contributed by atoms with Gasteiger partial charge in [0.1, 0.15) is 12.4 Å². The number of amides is 1. The number of hydrogen-bond acceptors (Lipinski definition) is 4. The van der Waals surface area contributed by atoms with Gasteiger partial charge in [-0.15, -0.1) is 0 Å². The highest BCUT2D eigenvalue weighted by Crippen LogP contribution is 2.36. The van der Waals surface area contributed by atoms with Crippen LogP contribution in [-0.2, 0) is 13.2 Å². The number of nitrogens with one attached hydrogen (secondary N) is 1. The molecule has 2 aromatic carbocycles. The number of piperidine rings is 1. The van der Waals surface area contributed by atoms with Gasteiger partial charge < -0.3 is 14.5 Å². The summed E-state index contributed by atoms with van der Waals surface area (Å²) in [7, 11) is 0. The number of carbonyl (C=O) groups is 1. The predicted molar refractivity (Wildman–Crippen MR) is 128 cm³/mol. The standard InChI is InChI=1S/C24H23Cl3N2O3/c25-17-12-20(26)23(21(27)13-17)31-15-19-8-9-22(32-19)24(30)28-18-6-4-16(5-7-18)14-29-10-2-1-3-11-29/h4-9,12-13H,1-3,10-11,14-15H2,(H,28,30). The average molecular weight is 494 g/mol. The van der Waals surface area contributed by atoms with Gasteiger partial charge in [0.25, 0.3) is 5.91 Å². The fourth-order valence-electron chi connectivity index (χ4n) is 3.65. The SMILES string of the molecule is O=C(Nc1ccc(CN2CCCCC2)cc1)c1ccc(COc2c(Cl)cc(Cl)cc2Cl)o1. The van der Waals surface area contributed by atoms with E-state index < -0.39 is 0 Å². The molecule has 32 heavy (non-hydrogen) atoms. The molecule has 0 bridgehead atoms. The Kier molecular flexibility index (Phi) is 7.63. The van der Waals surface area contributed by atoms with E-state index >= 15 is 0 Å². The largest absolute Gasteiger partial charge is 0.483 e. The first kappa shape index (κ1) is 23.0. The fraction of sp³-hybridized carbons (Fsp3) is 0.292. The Hall–Kier alpha value is -2.18. The second-order valence-electron chi connectivity index (χ2n) is 7.74. The Bertz CT molecular complexity index is 1050. The number of carbonyl (C=O) groups excluding carboxylic acids is 1. The van der Waals surface area contributed by atoms with Gasteiger partial charge in [-0.2, -0.15) is 0 Å². The molecule has 4 rings (SSSR count). The third kappa shape index (κ3) is 5.99. The molecule has 1 N–H and O–H groups in total. The van der Waals surface area contributed by atoms with Gasteiger partial charge in [0.15, 0.2) is 11.5 Å². The number of rotatable bonds is 7. The molecule has 0 unspecified atom stereocenters. The van der Waals surface area contributed by atoms with Crippen molar-refractivity contribution in [2.24, 2.45) is 0 Å². The summed E-state index contributed by atoms with van der Waals surface area (Å²) in [6.45, 7) is 3.32. The van der Waals surface area contributed by atoms with E-state index in [0.717, 1.165) is 19.6 Å². The number of nitrogens with zero attached hydrogens (tertiary/aromatic N) is 1. The molecule has 5 nitrogen and oxygen atoms in total. The lowest BCUT2D eigenvalue weighted by molar-refractivity contribution is 0.0992. The van der Waals surface area contributed by atoms with Gasteiger partial charge in [0.05, 0.1) is 10.0 Å². The number of anilines is 1. The van der Waals surface area contributed by atoms with Crippen molar-refractivity contribution in [2.45, 2.75) is 32.4 Å². The average Bonchev–Trinajstić information content (AvgIpc) is 3.24. The summed E-state index contributed by atoms with van der Waals surface area (Å²) in [6, 6.07) is 14.3. The van der Waals surface area contributed by atoms with Crippen molar-refractivity contribution in [2.75, 3.05) is 18.4 Å². The smallest absolute Gasteiger partial charge is 0.291 e. The zero-order valence-corrected chi connectivity index (χ0v) is 19.6. The van der Waals surface area contributed by atoms with E-state index in [9.17, 15) is 4.79 Å². The quantitative estimate of drug-likeness (QED) is 0.383. The summed E-state index contributed by atoms with van der Waals surface area (Å²) in [4.78, 5) is 15.0. The molecular formula is C24H23Cl3N2O3. The molecule has 0 atom stereocenters. The van der Waals surface area contributed by atoms with Gasteiger partial charge >= 0.3 is 0 Å². The predicted octanol–water partition coefficient (Wildman–Crippen LogP) is 7.06. The van der Waals surface area contributed by atoms with E-state index in [1.54, 1.807) is 24.3 Å². The monoisotopic (exact) mass is 492 g/mol. The molecule has 2 heterocycles. The molecule has 0 aliphatic carbocycles. The Morgan fingerprint density at radius 2 is 1.66 bits per heavy atom. The van der Waals surface area contributed by atoms with Crippen molar-refractivity contribution < 1.29 is 13.9 Å². The number of likely N-dealkylation sites (tertiary alicyclic amines) is 1. The first-order valence-corrected chi connectivity index (χ1v) is 11.6. The van der Waals surface area contributed by atoms with Crippen LogP contribution in [0, 0.1) is 0 Å². The number of ether oxygens (including phenoxy) is 1. The third-order valence-electron chi connectivity index (χ3n) is 5.27. The summed E-state index contributed by atoms with van der Waals surface area (Å²) in [5.74, 6) is 0.635. The lowest BCUT2D eigenvalue weighted by Gasteiger charge is -2.26. The van der Waals surface area contributed by atoms with Gasteiger partial charge in [-0.1, -0.05) is 53.4 Å². The lowest BCUT2D eigenvalue weighted by Crippen LogP contribution is -2.29. The molecule has 0 saturated carbocycles. The second-order valence-corrected chi connectivity index (χ2v) is 8.99. The number of benzene rings is 2. The Morgan fingerprint density at radius 1 is 0.969 bits per heavy atom. The lowest BCUT2D eigenvalue weighted by atomic mass is 10.1. The molecule has 3 aromatic rings. The normalized spacial score (nSPS) is 14.3. The van der Waals surface area contributed by atoms with Crippen LogP contribution in [0.2, 0.25) is 15.1 Å². The van der Waals surface area contributed by atoms with E-state index in [1.165, 1.54) is 24.8 Å². The summed E-state index contributed by atoms with van der Waals surface area (Å²) in [5, 5.41) is 3.88. The molecule has 8 heteroatoms. The second kappa shape index (κ2) is 10.6. The van der Waals surface area contributed by atoms with Gasteiger partial charge in [-0.05, 0) is 67.9 Å². The maximum absolute atomic E-state index is 12.5. The Labute approximate surface area is 202 Å². The zero-order valence-electron chi connectivity index (χ0n) is 17.4. The zero-order chi connectivity index (χ0) is 22.5. The van der Waals surface area contributed by atoms with Crippen LogP contribution >= 0.6 is 34.8 Å². The van der Waals surface area contributed by atoms with Crippen LogP contribution in [0.15, 0.2) is 52.9 Å². The number of hydrogen-bond donors (Lipinski definition) is 1. The number of furan rings is 1. The van der Waals surface area contributed by atoms with Crippen molar-refractivity contribution in [3.63, 3.8) is 0 Å². The molecule has 1 saturated heterocycles. The van der Waals surface area contributed by atoms with Crippen LogP contribution < -0.4 is 10.1 Å². The fourth-order valence-corrected chi connectivity index (χ4v) is 4.58. The Balaban J connectivity index is 1.31. The van der Waals surface area contributed by atoms with Crippen molar-refractivity contribution in [3.05, 3.63) is 80.7 Å². The maximum atomic E-state index is 12.5. The molecule has 0 spiro atoms. The highest BCUT2D eigenvalue weighted by atomic mass is 35.5. The highest BCUT2D eigenvalue weighted by molar-refractivity contribution is 6.40. The van der Waals surface area contributed by atoms with Crippen molar-refractivity contribution in [1.29, 1.82) is 0 Å². The summed E-state index contributed by atoms with van der Waals surface area (Å²) < 4.78 is 11.3. The summed E-state index contributed by atoms with van der Waals surface area (Å²) in [5.41, 5.74) is 1.95. The van der Waals surface area contributed by atoms with Crippen LogP contribution in [-0.4, -0.2) is 23.9 Å². The van der Waals surface area contributed by atoms with Crippen LogP contribution in [0.4, 0.5) is 5.69 Å². The highest BCUT2D eigenvalue weighted by Gasteiger charge is 2.15. The first-order valence-electron chi connectivity index (χ1n) is 10.5. The third-order valence-corrected chi connectivity index (χ3v) is 6.05. The van der Waals surface area contributed by atoms with Gasteiger partial charge in [0, 0.05) is 17.3 Å². The molecule has 1 fully saturated rings. The maximum Gasteiger partial charge on any atom is 0.291 e. The van der Waals surface area contributed by atoms with E-state index in [4.69, 9.17) is 44.0 Å². The van der Waals surface area contributed by atoms with Crippen molar-refractivity contribution in [1.82, 2.24) is 4.90 Å². The Morgan fingerprint density at radius 3 is 2.34 bits per heavy atom. The van der Waals surface area contributed by atoms with Crippen LogP contribution in [0.5, 0.6) is 5.75 Å². The van der Waals surface area contributed by atoms with E-state index in [2.05, 4.69) is 10.2 Å². The van der Waals surface area contributed by atoms with E-state index in [0.29, 0.717) is 32.3 Å². The molecule has 1 aromatic heterocycles. The van der Waals surface area contributed by atoms with Crippen molar-refractivity contribution >= 4 is 46.4 Å². The first-order chi connectivity index (χ1) is 15.5. The van der Waals surface area contributed by atoms with Gasteiger partial charge in [-0.25, -0.2) is 0 Å². The number of halogens is 3. The minimum Gasteiger partial charge on any atom is -0.483 e. The van der Waals surface area contributed by atoms with Crippen LogP contribution in [0.3, 0.4) is 0 Å². The molecule has 0 radical (unpaired) electrons. The van der Waals surface area contributed by atoms with Crippen LogP contribution in [0.25, 0.3) is 0 Å². The van der Waals surface area contributed by atoms with E-state index in [-0.39, 0.29) is 18.3 Å². The van der Waals surface area contributed by atoms with Gasteiger partial charge in [-0.3, -0.25) is 9.69 Å². The topological polar surface area (TPSA) is 54.7 Å². The minimum absolute atomic E-state index is 0.0690.